The summed E-state index contributed by atoms with van der Waals surface area (Å²) < 4.78 is 17.7. The Morgan fingerprint density at radius 1 is 1.16 bits per heavy atom. The molecule has 162 valence electrons. The van der Waals surface area contributed by atoms with Gasteiger partial charge in [0.2, 0.25) is 0 Å². The number of hydrogen-bond acceptors (Lipinski definition) is 6. The minimum atomic E-state index is -0.561. The van der Waals surface area contributed by atoms with Crippen LogP contribution in [0.3, 0.4) is 0 Å². The van der Waals surface area contributed by atoms with Gasteiger partial charge in [-0.25, -0.2) is 9.18 Å². The maximum absolute atomic E-state index is 13.2. The van der Waals surface area contributed by atoms with Crippen LogP contribution in [0.15, 0.2) is 42.5 Å². The molecule has 1 amide bonds. The molecule has 1 aliphatic heterocycles. The number of benzene rings is 2. The van der Waals surface area contributed by atoms with Crippen LogP contribution in [-0.2, 0) is 9.53 Å². The predicted molar refractivity (Wildman–Crippen MR) is 114 cm³/mol. The Kier molecular flexibility index (Phi) is 6.86. The Morgan fingerprint density at radius 2 is 1.87 bits per heavy atom. The van der Waals surface area contributed by atoms with E-state index in [0.29, 0.717) is 37.4 Å². The Balaban J connectivity index is 1.74. The van der Waals surface area contributed by atoms with Gasteiger partial charge in [-0.05, 0) is 35.9 Å². The molecule has 2 aromatic rings. The van der Waals surface area contributed by atoms with Gasteiger partial charge in [-0.1, -0.05) is 17.7 Å². The average Bonchev–Trinajstić information content (AvgIpc) is 2.77. The smallest absolute Gasteiger partial charge is 0.330 e. The fourth-order valence-electron chi connectivity index (χ4n) is 3.27. The molecular weight excluding hydrogens is 429 g/mol. The van der Waals surface area contributed by atoms with E-state index in [1.807, 2.05) is 4.90 Å². The van der Waals surface area contributed by atoms with Crippen molar-refractivity contribution >= 4 is 40.9 Å². The summed E-state index contributed by atoms with van der Waals surface area (Å²) in [7, 11) is 1.24. The van der Waals surface area contributed by atoms with Gasteiger partial charge in [0.15, 0.2) is 0 Å². The van der Waals surface area contributed by atoms with Gasteiger partial charge in [-0.3, -0.25) is 14.9 Å². The van der Waals surface area contributed by atoms with Gasteiger partial charge in [-0.15, -0.1) is 0 Å². The van der Waals surface area contributed by atoms with Crippen LogP contribution < -0.4 is 4.90 Å². The van der Waals surface area contributed by atoms with E-state index in [2.05, 4.69) is 4.74 Å². The van der Waals surface area contributed by atoms with Gasteiger partial charge >= 0.3 is 5.97 Å². The molecule has 1 fully saturated rings. The predicted octanol–water partition coefficient (Wildman–Crippen LogP) is 3.54. The maximum Gasteiger partial charge on any atom is 0.330 e. The Hall–Kier alpha value is -3.46. The lowest BCUT2D eigenvalue weighted by Crippen LogP contribution is -2.49. The highest BCUT2D eigenvalue weighted by Crippen LogP contribution is 2.31. The van der Waals surface area contributed by atoms with Crippen LogP contribution in [0.2, 0.25) is 5.02 Å². The first-order valence-corrected chi connectivity index (χ1v) is 9.71. The molecule has 0 atom stereocenters. The van der Waals surface area contributed by atoms with E-state index < -0.39 is 16.7 Å². The zero-order chi connectivity index (χ0) is 22.5. The summed E-state index contributed by atoms with van der Waals surface area (Å²) in [5, 5.41) is 11.6. The normalized spacial score (nSPS) is 14.0. The monoisotopic (exact) mass is 447 g/mol. The topological polar surface area (TPSA) is 93.0 Å². The van der Waals surface area contributed by atoms with Crippen LogP contribution in [0.5, 0.6) is 0 Å². The number of anilines is 1. The van der Waals surface area contributed by atoms with Crippen molar-refractivity contribution in [1.29, 1.82) is 0 Å². The number of piperazine rings is 1. The number of carbonyl (C=O) groups excluding carboxylic acids is 2. The van der Waals surface area contributed by atoms with Gasteiger partial charge in [0.1, 0.15) is 11.5 Å². The van der Waals surface area contributed by atoms with Gasteiger partial charge in [-0.2, -0.15) is 0 Å². The maximum atomic E-state index is 13.2. The number of nitro groups is 1. The highest BCUT2D eigenvalue weighted by Gasteiger charge is 2.27. The molecular formula is C21H19ClFN3O5. The van der Waals surface area contributed by atoms with Crippen LogP contribution in [0.25, 0.3) is 6.08 Å². The number of methoxy groups -OCH3 is 1. The first-order valence-electron chi connectivity index (χ1n) is 9.34. The van der Waals surface area contributed by atoms with Crippen molar-refractivity contribution in [2.75, 3.05) is 38.2 Å². The number of rotatable bonds is 5. The van der Waals surface area contributed by atoms with Gasteiger partial charge < -0.3 is 14.5 Å². The minimum absolute atomic E-state index is 0.0404. The number of nitro benzene ring substituents is 1. The molecule has 0 spiro atoms. The van der Waals surface area contributed by atoms with Gasteiger partial charge in [0.05, 0.1) is 22.6 Å². The number of hydrogen-bond donors (Lipinski definition) is 0. The van der Waals surface area contributed by atoms with Crippen LogP contribution >= 0.6 is 11.6 Å². The van der Waals surface area contributed by atoms with Crippen molar-refractivity contribution in [2.45, 2.75) is 0 Å². The SMILES string of the molecule is COC(=O)/C=C/c1ccc(N2CCN(C(=O)c3ccc(F)cc3Cl)CC2)c([N+](=O)[O-])c1. The lowest BCUT2D eigenvalue weighted by Gasteiger charge is -2.36. The minimum Gasteiger partial charge on any atom is -0.466 e. The zero-order valence-electron chi connectivity index (χ0n) is 16.6. The number of esters is 1. The molecule has 0 radical (unpaired) electrons. The van der Waals surface area contributed by atoms with Crippen molar-refractivity contribution in [1.82, 2.24) is 4.90 Å². The number of ether oxygens (including phenoxy) is 1. The molecule has 0 aliphatic carbocycles. The van der Waals surface area contributed by atoms with Crippen molar-refractivity contribution < 1.29 is 23.6 Å². The fraction of sp³-hybridized carbons (Fsp3) is 0.238. The molecule has 1 heterocycles. The van der Waals surface area contributed by atoms with E-state index in [4.69, 9.17) is 11.6 Å². The third-order valence-electron chi connectivity index (χ3n) is 4.88. The van der Waals surface area contributed by atoms with Crippen molar-refractivity contribution in [3.8, 4) is 0 Å². The number of halogens is 2. The van der Waals surface area contributed by atoms with E-state index in [0.717, 1.165) is 6.07 Å². The van der Waals surface area contributed by atoms with Crippen LogP contribution in [0, 0.1) is 15.9 Å². The summed E-state index contributed by atoms with van der Waals surface area (Å²) in [4.78, 5) is 38.4. The molecule has 2 aromatic carbocycles. The number of amides is 1. The second-order valence-electron chi connectivity index (χ2n) is 6.77. The van der Waals surface area contributed by atoms with E-state index in [1.54, 1.807) is 17.0 Å². The standard InChI is InChI=1S/C21H19ClFN3O5/c1-31-20(27)7-3-14-2-6-18(19(12-14)26(29)30)24-8-10-25(11-9-24)21(28)16-5-4-15(23)13-17(16)22/h2-7,12-13H,8-11H2,1H3/b7-3+. The first kappa shape index (κ1) is 22.2. The van der Waals surface area contributed by atoms with E-state index in [-0.39, 0.29) is 22.2 Å². The highest BCUT2D eigenvalue weighted by molar-refractivity contribution is 6.33. The van der Waals surface area contributed by atoms with E-state index in [1.165, 1.54) is 37.5 Å². The highest BCUT2D eigenvalue weighted by atomic mass is 35.5. The first-order chi connectivity index (χ1) is 14.8. The quantitative estimate of drug-likeness (QED) is 0.301. The largest absolute Gasteiger partial charge is 0.466 e. The summed E-state index contributed by atoms with van der Waals surface area (Å²) in [5.74, 6) is -1.40. The molecule has 3 rings (SSSR count). The Morgan fingerprint density at radius 3 is 2.48 bits per heavy atom. The summed E-state index contributed by atoms with van der Waals surface area (Å²) in [5.41, 5.74) is 1.02. The summed E-state index contributed by atoms with van der Waals surface area (Å²) in [6.45, 7) is 1.41. The molecule has 0 bridgehead atoms. The van der Waals surface area contributed by atoms with Gasteiger partial charge in [0.25, 0.3) is 11.6 Å². The second kappa shape index (κ2) is 9.57. The van der Waals surface area contributed by atoms with Gasteiger partial charge in [0, 0.05) is 38.3 Å². The molecule has 10 heteroatoms. The molecule has 8 nitrogen and oxygen atoms in total. The zero-order valence-corrected chi connectivity index (χ0v) is 17.3. The van der Waals surface area contributed by atoms with Crippen molar-refractivity contribution in [3.63, 3.8) is 0 Å². The lowest BCUT2D eigenvalue weighted by molar-refractivity contribution is -0.384. The third kappa shape index (κ3) is 5.18. The Labute approximate surface area is 182 Å². The van der Waals surface area contributed by atoms with Crippen LogP contribution in [-0.4, -0.2) is 55.0 Å². The van der Waals surface area contributed by atoms with Crippen molar-refractivity contribution in [2.24, 2.45) is 0 Å². The van der Waals surface area contributed by atoms with Crippen LogP contribution in [0.4, 0.5) is 15.8 Å². The van der Waals surface area contributed by atoms with Crippen LogP contribution in [0.1, 0.15) is 15.9 Å². The second-order valence-corrected chi connectivity index (χ2v) is 7.17. The summed E-state index contributed by atoms with van der Waals surface area (Å²) in [6, 6.07) is 8.27. The molecule has 0 saturated carbocycles. The van der Waals surface area contributed by atoms with E-state index in [9.17, 15) is 24.1 Å². The van der Waals surface area contributed by atoms with Crippen molar-refractivity contribution in [3.05, 3.63) is 74.6 Å². The summed E-state index contributed by atoms with van der Waals surface area (Å²) >= 11 is 5.99. The third-order valence-corrected chi connectivity index (χ3v) is 5.19. The Bertz CT molecular complexity index is 1050. The molecule has 0 aromatic heterocycles. The number of nitrogens with zero attached hydrogens (tertiary/aromatic N) is 3. The lowest BCUT2D eigenvalue weighted by atomic mass is 10.1. The molecule has 0 N–H and O–H groups in total. The average molecular weight is 448 g/mol. The van der Waals surface area contributed by atoms with E-state index >= 15 is 0 Å². The fourth-order valence-corrected chi connectivity index (χ4v) is 3.52. The molecule has 1 saturated heterocycles. The molecule has 31 heavy (non-hydrogen) atoms. The summed E-state index contributed by atoms with van der Waals surface area (Å²) in [6.07, 6.45) is 2.62. The molecule has 1 aliphatic rings. The number of carbonyl (C=O) groups is 2. The molecule has 0 unspecified atom stereocenters.